The minimum absolute atomic E-state index is 0.248. The highest BCUT2D eigenvalue weighted by atomic mass is 16.5. The van der Waals surface area contributed by atoms with Crippen LogP contribution in [0.5, 0.6) is 5.75 Å². The van der Waals surface area contributed by atoms with Crippen molar-refractivity contribution in [3.8, 4) is 5.75 Å². The van der Waals surface area contributed by atoms with Gasteiger partial charge in [-0.15, -0.1) is 0 Å². The molecule has 2 aromatic heterocycles. The lowest BCUT2D eigenvalue weighted by Gasteiger charge is -2.08. The molecule has 5 N–H and O–H groups in total. The van der Waals surface area contributed by atoms with E-state index in [1.54, 1.807) is 24.5 Å². The highest BCUT2D eigenvalue weighted by molar-refractivity contribution is 6.11. The number of carbonyl (C=O) groups excluding carboxylic acids is 1. The second-order valence-electron chi connectivity index (χ2n) is 5.08. The monoisotopic (exact) mass is 314 g/mol. The molecule has 2 heterocycles. The van der Waals surface area contributed by atoms with E-state index in [-0.39, 0.29) is 11.9 Å². The van der Waals surface area contributed by atoms with E-state index in [1.807, 2.05) is 0 Å². The number of benzene rings is 1. The number of imidazole rings is 2. The van der Waals surface area contributed by atoms with E-state index in [0.29, 0.717) is 34.9 Å². The van der Waals surface area contributed by atoms with Crippen molar-refractivity contribution in [2.75, 3.05) is 17.7 Å². The number of nitrogen functional groups attached to an aromatic ring is 1. The van der Waals surface area contributed by atoms with Gasteiger partial charge in [0.15, 0.2) is 5.95 Å². The van der Waals surface area contributed by atoms with Gasteiger partial charge >= 0.3 is 0 Å². The van der Waals surface area contributed by atoms with E-state index in [0.717, 1.165) is 12.8 Å². The fourth-order valence-corrected chi connectivity index (χ4v) is 2.21. The van der Waals surface area contributed by atoms with Gasteiger partial charge in [0.05, 0.1) is 23.2 Å². The number of hydrogen-bond donors (Lipinski definition) is 4. The van der Waals surface area contributed by atoms with Crippen molar-refractivity contribution >= 4 is 28.8 Å². The Kier molecular flexibility index (Phi) is 4.13. The molecule has 3 aromatic rings. The maximum atomic E-state index is 12.5. The van der Waals surface area contributed by atoms with Crippen LogP contribution in [0.1, 0.15) is 30.1 Å². The number of fused-ring (bicyclic) bond motifs is 1. The van der Waals surface area contributed by atoms with Crippen LogP contribution in [0.4, 0.5) is 11.9 Å². The van der Waals surface area contributed by atoms with Crippen molar-refractivity contribution < 1.29 is 9.53 Å². The number of unbranched alkanes of at least 4 members (excludes halogenated alkanes) is 1. The molecule has 1 aromatic carbocycles. The smallest absolute Gasteiger partial charge is 0.260 e. The van der Waals surface area contributed by atoms with Crippen molar-refractivity contribution in [3.63, 3.8) is 0 Å². The average Bonchev–Trinajstić information content (AvgIpc) is 3.15. The minimum Gasteiger partial charge on any atom is -0.493 e. The Balaban J connectivity index is 1.94. The summed E-state index contributed by atoms with van der Waals surface area (Å²) < 4.78 is 5.69. The van der Waals surface area contributed by atoms with Crippen LogP contribution in [0.15, 0.2) is 24.5 Å². The van der Waals surface area contributed by atoms with Gasteiger partial charge < -0.3 is 20.4 Å². The summed E-state index contributed by atoms with van der Waals surface area (Å²) in [6.07, 6.45) is 5.16. The molecule has 0 bridgehead atoms. The van der Waals surface area contributed by atoms with Gasteiger partial charge in [0.25, 0.3) is 5.91 Å². The van der Waals surface area contributed by atoms with Gasteiger partial charge in [0, 0.05) is 18.5 Å². The summed E-state index contributed by atoms with van der Waals surface area (Å²) in [7, 11) is 0. The molecule has 120 valence electrons. The van der Waals surface area contributed by atoms with Crippen molar-refractivity contribution in [2.24, 2.45) is 0 Å². The molecule has 3 rings (SSSR count). The third-order valence-corrected chi connectivity index (χ3v) is 3.33. The van der Waals surface area contributed by atoms with Gasteiger partial charge in [0.1, 0.15) is 5.75 Å². The Bertz CT molecular complexity index is 809. The second-order valence-corrected chi connectivity index (χ2v) is 5.08. The quantitative estimate of drug-likeness (QED) is 0.520. The van der Waals surface area contributed by atoms with Gasteiger partial charge in [-0.1, -0.05) is 13.3 Å². The van der Waals surface area contributed by atoms with Gasteiger partial charge in [-0.05, 0) is 12.5 Å². The minimum atomic E-state index is -0.324. The zero-order valence-electron chi connectivity index (χ0n) is 12.7. The average molecular weight is 314 g/mol. The zero-order chi connectivity index (χ0) is 16.2. The number of rotatable bonds is 6. The third kappa shape index (κ3) is 3.25. The van der Waals surface area contributed by atoms with E-state index in [4.69, 9.17) is 10.5 Å². The van der Waals surface area contributed by atoms with Gasteiger partial charge in [-0.2, -0.15) is 0 Å². The number of ether oxygens (including phenoxy) is 1. The lowest BCUT2D eigenvalue weighted by Crippen LogP contribution is -2.14. The zero-order valence-corrected chi connectivity index (χ0v) is 12.7. The highest BCUT2D eigenvalue weighted by Crippen LogP contribution is 2.25. The molecule has 0 atom stereocenters. The van der Waals surface area contributed by atoms with Crippen molar-refractivity contribution in [1.82, 2.24) is 19.9 Å². The number of hydrogen-bond acceptors (Lipinski definition) is 5. The maximum Gasteiger partial charge on any atom is 0.260 e. The molecule has 0 aliphatic rings. The summed E-state index contributed by atoms with van der Waals surface area (Å²) >= 11 is 0. The normalized spacial score (nSPS) is 10.8. The topological polar surface area (TPSA) is 122 Å². The number of amides is 1. The Morgan fingerprint density at radius 3 is 3.04 bits per heavy atom. The van der Waals surface area contributed by atoms with Crippen LogP contribution in [0, 0.1) is 0 Å². The first-order valence-electron chi connectivity index (χ1n) is 7.40. The standard InChI is InChI=1S/C15H18N6O2/c1-2-3-6-23-9-7-10(12-11(8-9)19-14(16)20-12)13(22)21-15-17-4-5-18-15/h4-5,7-8H,2-3,6H2,1H3,(H3,16,19,20)(H2,17,18,21,22). The fraction of sp³-hybridized carbons (Fsp3) is 0.267. The SMILES string of the molecule is CCCCOc1cc(C(=O)Nc2ncc[nH]2)c2[nH]c(N)nc2c1. The van der Waals surface area contributed by atoms with Crippen LogP contribution < -0.4 is 15.8 Å². The summed E-state index contributed by atoms with van der Waals surface area (Å²) in [5, 5.41) is 2.68. The molecule has 0 fully saturated rings. The predicted molar refractivity (Wildman–Crippen MR) is 87.5 cm³/mol. The number of H-pyrrole nitrogens is 2. The molecule has 0 saturated heterocycles. The summed E-state index contributed by atoms with van der Waals surface area (Å²) in [6, 6.07) is 3.44. The van der Waals surface area contributed by atoms with Gasteiger partial charge in [-0.3, -0.25) is 10.1 Å². The second kappa shape index (κ2) is 6.39. The molecule has 8 nitrogen and oxygen atoms in total. The number of nitrogens with two attached hydrogens (primary N) is 1. The molecular weight excluding hydrogens is 296 g/mol. The molecule has 0 aliphatic heterocycles. The Morgan fingerprint density at radius 2 is 2.30 bits per heavy atom. The Morgan fingerprint density at radius 1 is 1.43 bits per heavy atom. The van der Waals surface area contributed by atoms with Gasteiger partial charge in [0.2, 0.25) is 5.95 Å². The number of nitrogens with zero attached hydrogens (tertiary/aromatic N) is 2. The first-order chi connectivity index (χ1) is 11.2. The van der Waals surface area contributed by atoms with Crippen molar-refractivity contribution in [2.45, 2.75) is 19.8 Å². The molecule has 23 heavy (non-hydrogen) atoms. The largest absolute Gasteiger partial charge is 0.493 e. The molecule has 0 unspecified atom stereocenters. The molecule has 1 amide bonds. The van der Waals surface area contributed by atoms with Crippen LogP contribution >= 0.6 is 0 Å². The summed E-state index contributed by atoms with van der Waals surface area (Å²) in [4.78, 5) is 26.4. The number of nitrogens with one attached hydrogen (secondary N) is 3. The molecule has 0 radical (unpaired) electrons. The van der Waals surface area contributed by atoms with E-state index >= 15 is 0 Å². The number of aromatic amines is 2. The third-order valence-electron chi connectivity index (χ3n) is 3.33. The molecule has 0 spiro atoms. The molecular formula is C15H18N6O2. The maximum absolute atomic E-state index is 12.5. The summed E-state index contributed by atoms with van der Waals surface area (Å²) in [5.74, 6) is 0.877. The van der Waals surface area contributed by atoms with Crippen molar-refractivity contribution in [3.05, 3.63) is 30.1 Å². The number of carbonyl (C=O) groups is 1. The van der Waals surface area contributed by atoms with Crippen LogP contribution in [0.25, 0.3) is 11.0 Å². The highest BCUT2D eigenvalue weighted by Gasteiger charge is 2.16. The first kappa shape index (κ1) is 14.9. The van der Waals surface area contributed by atoms with Crippen LogP contribution in [0.3, 0.4) is 0 Å². The van der Waals surface area contributed by atoms with Crippen LogP contribution in [-0.2, 0) is 0 Å². The summed E-state index contributed by atoms with van der Waals surface area (Å²) in [5.41, 5.74) is 7.26. The Hall–Kier alpha value is -3.03. The lowest BCUT2D eigenvalue weighted by molar-refractivity contribution is 0.102. The predicted octanol–water partition coefficient (Wildman–Crippen LogP) is 2.30. The van der Waals surface area contributed by atoms with Crippen LogP contribution in [0.2, 0.25) is 0 Å². The van der Waals surface area contributed by atoms with E-state index in [1.165, 1.54) is 0 Å². The lowest BCUT2D eigenvalue weighted by atomic mass is 10.1. The van der Waals surface area contributed by atoms with Gasteiger partial charge in [-0.25, -0.2) is 9.97 Å². The number of anilines is 2. The van der Waals surface area contributed by atoms with Crippen molar-refractivity contribution in [1.29, 1.82) is 0 Å². The molecule has 0 saturated carbocycles. The summed E-state index contributed by atoms with van der Waals surface area (Å²) in [6.45, 7) is 2.67. The first-order valence-corrected chi connectivity index (χ1v) is 7.40. The van der Waals surface area contributed by atoms with E-state index in [9.17, 15) is 4.79 Å². The Labute approximate surface area is 132 Å². The molecule has 0 aliphatic carbocycles. The van der Waals surface area contributed by atoms with E-state index < -0.39 is 0 Å². The van der Waals surface area contributed by atoms with E-state index in [2.05, 4.69) is 32.2 Å². The number of aromatic nitrogens is 4. The fourth-order valence-electron chi connectivity index (χ4n) is 2.21. The van der Waals surface area contributed by atoms with Crippen LogP contribution in [-0.4, -0.2) is 32.4 Å². The molecule has 8 heteroatoms.